The van der Waals surface area contributed by atoms with E-state index in [9.17, 15) is 4.79 Å². The molecule has 0 bridgehead atoms. The van der Waals surface area contributed by atoms with Crippen LogP contribution in [0.5, 0.6) is 0 Å². The number of hydrogen-bond donors (Lipinski definition) is 1. The third-order valence-corrected chi connectivity index (χ3v) is 3.04. The summed E-state index contributed by atoms with van der Waals surface area (Å²) in [7, 11) is 0. The molecule has 0 aliphatic heterocycles. The van der Waals surface area contributed by atoms with Gasteiger partial charge in [-0.2, -0.15) is 0 Å². The van der Waals surface area contributed by atoms with Gasteiger partial charge in [-0.1, -0.05) is 23.2 Å². The summed E-state index contributed by atoms with van der Waals surface area (Å²) in [4.78, 5) is 10.8. The Morgan fingerprint density at radius 3 is 2.65 bits per heavy atom. The molecule has 0 amide bonds. The van der Waals surface area contributed by atoms with Gasteiger partial charge in [0.15, 0.2) is 0 Å². The minimum atomic E-state index is -0.372. The maximum Gasteiger partial charge on any atom is 0.303 e. The third-order valence-electron chi connectivity index (χ3n) is 1.96. The number of nitrogens with one attached hydrogen (secondary N) is 1. The van der Waals surface area contributed by atoms with E-state index in [0.717, 1.165) is 5.69 Å². The predicted molar refractivity (Wildman–Crippen MR) is 71.2 cm³/mol. The van der Waals surface area contributed by atoms with Crippen LogP contribution in [-0.4, -0.2) is 24.5 Å². The maximum absolute atomic E-state index is 10.8. The van der Waals surface area contributed by atoms with Crippen LogP contribution in [0.1, 0.15) is 6.92 Å². The lowest BCUT2D eigenvalue weighted by molar-refractivity contribution is -0.144. The van der Waals surface area contributed by atoms with Crippen molar-refractivity contribution in [1.29, 1.82) is 0 Å². The van der Waals surface area contributed by atoms with Gasteiger partial charge in [-0.25, -0.2) is 0 Å². The minimum absolute atomic E-state index is 0.230. The molecule has 1 unspecified atom stereocenters. The first kappa shape index (κ1) is 14.4. The van der Waals surface area contributed by atoms with Gasteiger partial charge in [0.1, 0.15) is 6.10 Å². The van der Waals surface area contributed by atoms with Crippen LogP contribution in [0.4, 0.5) is 5.69 Å². The van der Waals surface area contributed by atoms with Gasteiger partial charge in [0, 0.05) is 12.6 Å². The molecule has 0 saturated carbocycles. The molecule has 0 aliphatic carbocycles. The first-order chi connectivity index (χ1) is 8.02. The molecule has 3 nitrogen and oxygen atoms in total. The second-order valence-electron chi connectivity index (χ2n) is 3.40. The van der Waals surface area contributed by atoms with E-state index in [-0.39, 0.29) is 18.0 Å². The second kappa shape index (κ2) is 6.94. The monoisotopic (exact) mass is 295 g/mol. The molecular weight excluding hydrogens is 284 g/mol. The van der Waals surface area contributed by atoms with E-state index in [2.05, 4.69) is 5.32 Å². The number of carbonyl (C=O) groups is 1. The fourth-order valence-corrected chi connectivity index (χ4v) is 1.67. The molecule has 0 aliphatic rings. The Hall–Kier alpha value is -0.640. The van der Waals surface area contributed by atoms with E-state index in [1.54, 1.807) is 18.2 Å². The van der Waals surface area contributed by atoms with Crippen molar-refractivity contribution in [2.75, 3.05) is 17.7 Å². The summed E-state index contributed by atoms with van der Waals surface area (Å²) in [6.45, 7) is 1.76. The summed E-state index contributed by atoms with van der Waals surface area (Å²) in [5.41, 5.74) is 0.793. The zero-order valence-corrected chi connectivity index (χ0v) is 11.4. The van der Waals surface area contributed by atoms with Gasteiger partial charge in [0.25, 0.3) is 0 Å². The molecule has 94 valence electrons. The Bertz CT molecular complexity index is 398. The van der Waals surface area contributed by atoms with Crippen LogP contribution in [0.25, 0.3) is 0 Å². The maximum atomic E-state index is 10.8. The van der Waals surface area contributed by atoms with E-state index in [4.69, 9.17) is 39.5 Å². The van der Waals surface area contributed by atoms with Crippen molar-refractivity contribution in [2.45, 2.75) is 13.0 Å². The van der Waals surface area contributed by atoms with Crippen molar-refractivity contribution in [3.8, 4) is 0 Å². The molecule has 1 rings (SSSR count). The largest absolute Gasteiger partial charge is 0.459 e. The van der Waals surface area contributed by atoms with E-state index in [0.29, 0.717) is 16.6 Å². The first-order valence-corrected chi connectivity index (χ1v) is 6.24. The Balaban J connectivity index is 2.53. The fourth-order valence-electron chi connectivity index (χ4n) is 1.20. The number of halogens is 3. The molecule has 1 aromatic carbocycles. The van der Waals surface area contributed by atoms with Crippen molar-refractivity contribution < 1.29 is 9.53 Å². The van der Waals surface area contributed by atoms with Gasteiger partial charge >= 0.3 is 5.97 Å². The van der Waals surface area contributed by atoms with Crippen LogP contribution in [0, 0.1) is 0 Å². The van der Waals surface area contributed by atoms with Crippen LogP contribution in [0.3, 0.4) is 0 Å². The van der Waals surface area contributed by atoms with Crippen LogP contribution in [-0.2, 0) is 9.53 Å². The molecule has 0 spiro atoms. The van der Waals surface area contributed by atoms with Gasteiger partial charge in [-0.15, -0.1) is 11.6 Å². The number of ether oxygens (including phenoxy) is 1. The Morgan fingerprint density at radius 1 is 1.41 bits per heavy atom. The zero-order chi connectivity index (χ0) is 12.8. The summed E-state index contributed by atoms with van der Waals surface area (Å²) in [5, 5.41) is 4.02. The highest BCUT2D eigenvalue weighted by atomic mass is 35.5. The van der Waals surface area contributed by atoms with Gasteiger partial charge in [0.05, 0.1) is 22.5 Å². The number of anilines is 1. The van der Waals surface area contributed by atoms with Crippen molar-refractivity contribution in [3.63, 3.8) is 0 Å². The zero-order valence-electron chi connectivity index (χ0n) is 9.17. The van der Waals surface area contributed by atoms with Crippen molar-refractivity contribution in [2.24, 2.45) is 0 Å². The number of carbonyl (C=O) groups excluding carboxylic acids is 1. The highest BCUT2D eigenvalue weighted by molar-refractivity contribution is 6.42. The van der Waals surface area contributed by atoms with E-state index in [1.165, 1.54) is 6.92 Å². The average molecular weight is 297 g/mol. The molecule has 0 fully saturated rings. The number of rotatable bonds is 5. The van der Waals surface area contributed by atoms with Crippen LogP contribution in [0.2, 0.25) is 10.0 Å². The highest BCUT2D eigenvalue weighted by Gasteiger charge is 2.10. The highest BCUT2D eigenvalue weighted by Crippen LogP contribution is 2.24. The second-order valence-corrected chi connectivity index (χ2v) is 4.52. The molecule has 1 aromatic rings. The van der Waals surface area contributed by atoms with E-state index < -0.39 is 0 Å². The molecule has 6 heteroatoms. The molecule has 1 N–H and O–H groups in total. The Kier molecular flexibility index (Phi) is 5.89. The summed E-state index contributed by atoms with van der Waals surface area (Å²) >= 11 is 17.3. The Morgan fingerprint density at radius 2 is 2.12 bits per heavy atom. The van der Waals surface area contributed by atoms with Gasteiger partial charge in [0.2, 0.25) is 0 Å². The lowest BCUT2D eigenvalue weighted by Crippen LogP contribution is -2.26. The molecule has 0 aromatic heterocycles. The Labute approximate surface area is 115 Å². The van der Waals surface area contributed by atoms with Gasteiger partial charge < -0.3 is 10.1 Å². The standard InChI is InChI=1S/C11H12Cl3NO2/c1-7(16)17-9(5-12)6-15-8-2-3-10(13)11(14)4-8/h2-4,9,15H,5-6H2,1H3. The van der Waals surface area contributed by atoms with Crippen LogP contribution < -0.4 is 5.32 Å². The summed E-state index contributed by atoms with van der Waals surface area (Å²) in [5.74, 6) is -0.125. The summed E-state index contributed by atoms with van der Waals surface area (Å²) in [6, 6.07) is 5.17. The molecule has 17 heavy (non-hydrogen) atoms. The fraction of sp³-hybridized carbons (Fsp3) is 0.364. The smallest absolute Gasteiger partial charge is 0.303 e. The molecule has 0 heterocycles. The SMILES string of the molecule is CC(=O)OC(CCl)CNc1ccc(Cl)c(Cl)c1. The van der Waals surface area contributed by atoms with Gasteiger partial charge in [-0.05, 0) is 18.2 Å². The molecule has 1 atom stereocenters. The van der Waals surface area contributed by atoms with Crippen LogP contribution in [0.15, 0.2) is 18.2 Å². The number of hydrogen-bond acceptors (Lipinski definition) is 3. The topological polar surface area (TPSA) is 38.3 Å². The lowest BCUT2D eigenvalue weighted by Gasteiger charge is -2.15. The van der Waals surface area contributed by atoms with Gasteiger partial charge in [-0.3, -0.25) is 4.79 Å². The van der Waals surface area contributed by atoms with Crippen molar-refractivity contribution in [3.05, 3.63) is 28.2 Å². The summed E-state index contributed by atoms with van der Waals surface area (Å²) in [6.07, 6.45) is -0.372. The number of benzene rings is 1. The van der Waals surface area contributed by atoms with Crippen molar-refractivity contribution in [1.82, 2.24) is 0 Å². The van der Waals surface area contributed by atoms with E-state index >= 15 is 0 Å². The number of esters is 1. The third kappa shape index (κ3) is 5.02. The average Bonchev–Trinajstić information content (AvgIpc) is 2.28. The molecule has 0 radical (unpaired) electrons. The first-order valence-electron chi connectivity index (χ1n) is 4.95. The predicted octanol–water partition coefficient (Wildman–Crippen LogP) is 3.58. The number of alkyl halides is 1. The van der Waals surface area contributed by atoms with E-state index in [1.807, 2.05) is 0 Å². The normalized spacial score (nSPS) is 12.0. The van der Waals surface area contributed by atoms with Crippen LogP contribution >= 0.6 is 34.8 Å². The van der Waals surface area contributed by atoms with Crippen molar-refractivity contribution >= 4 is 46.5 Å². The minimum Gasteiger partial charge on any atom is -0.459 e. The quantitative estimate of drug-likeness (QED) is 0.667. The molecule has 0 saturated heterocycles. The lowest BCUT2D eigenvalue weighted by atomic mass is 10.3. The molecular formula is C11H12Cl3NO2. The summed E-state index contributed by atoms with van der Waals surface area (Å²) < 4.78 is 4.98.